The molecule has 0 fully saturated rings. The van der Waals surface area contributed by atoms with E-state index in [4.69, 9.17) is 4.74 Å². The van der Waals surface area contributed by atoms with E-state index in [2.05, 4.69) is 11.6 Å². The van der Waals surface area contributed by atoms with Gasteiger partial charge in [-0.25, -0.2) is 13.1 Å². The van der Waals surface area contributed by atoms with Crippen molar-refractivity contribution in [1.82, 2.24) is 4.72 Å². The number of hydrogen-bond acceptors (Lipinski definition) is 3. The van der Waals surface area contributed by atoms with Crippen molar-refractivity contribution in [2.45, 2.75) is 44.9 Å². The Kier molecular flexibility index (Phi) is 5.82. The van der Waals surface area contributed by atoms with E-state index in [0.717, 1.165) is 24.8 Å². The Bertz CT molecular complexity index is 524. The molecule has 5 heteroatoms. The van der Waals surface area contributed by atoms with Gasteiger partial charge < -0.3 is 4.74 Å². The molecule has 1 aromatic rings. The second-order valence-electron chi connectivity index (χ2n) is 4.72. The van der Waals surface area contributed by atoms with Crippen molar-refractivity contribution in [2.24, 2.45) is 0 Å². The number of ether oxygens (including phenoxy) is 1. The third kappa shape index (κ3) is 4.21. The second-order valence-corrected chi connectivity index (χ2v) is 6.42. The summed E-state index contributed by atoms with van der Waals surface area (Å²) in [5, 5.41) is 0. The van der Waals surface area contributed by atoms with Crippen LogP contribution >= 0.6 is 0 Å². The fourth-order valence-electron chi connectivity index (χ4n) is 2.07. The third-order valence-electron chi connectivity index (χ3n) is 2.95. The average molecular weight is 285 g/mol. The van der Waals surface area contributed by atoms with Gasteiger partial charge in [-0.3, -0.25) is 0 Å². The van der Waals surface area contributed by atoms with E-state index in [-0.39, 0.29) is 4.90 Å². The number of sulfonamides is 1. The van der Waals surface area contributed by atoms with Crippen LogP contribution in [0.25, 0.3) is 0 Å². The standard InChI is InChI=1S/C14H23NO3S/c1-5-6-7-8-15-19(16,17)14-12(3)9-11(2)10-13(14)18-4/h9-10,15H,5-8H2,1-4H3. The first-order valence-electron chi connectivity index (χ1n) is 6.57. The van der Waals surface area contributed by atoms with Crippen LogP contribution in [0.1, 0.15) is 37.3 Å². The Labute approximate surface area is 116 Å². The van der Waals surface area contributed by atoms with Crippen LogP contribution in [0.15, 0.2) is 17.0 Å². The molecule has 0 bridgehead atoms. The zero-order valence-electron chi connectivity index (χ0n) is 12.1. The van der Waals surface area contributed by atoms with Crippen molar-refractivity contribution in [1.29, 1.82) is 0 Å². The monoisotopic (exact) mass is 285 g/mol. The van der Waals surface area contributed by atoms with Gasteiger partial charge in [-0.05, 0) is 37.5 Å². The van der Waals surface area contributed by atoms with Gasteiger partial charge in [-0.15, -0.1) is 0 Å². The van der Waals surface area contributed by atoms with Gasteiger partial charge in [0.05, 0.1) is 7.11 Å². The maximum atomic E-state index is 12.3. The molecule has 108 valence electrons. The molecule has 4 nitrogen and oxygen atoms in total. The maximum absolute atomic E-state index is 12.3. The first-order chi connectivity index (χ1) is 8.92. The molecule has 0 spiro atoms. The Hall–Kier alpha value is -1.07. The molecule has 0 aliphatic carbocycles. The fourth-order valence-corrected chi connectivity index (χ4v) is 3.51. The first kappa shape index (κ1) is 16.0. The van der Waals surface area contributed by atoms with Gasteiger partial charge in [0.2, 0.25) is 10.0 Å². The molecule has 0 radical (unpaired) electrons. The summed E-state index contributed by atoms with van der Waals surface area (Å²) in [6.07, 6.45) is 2.93. The van der Waals surface area contributed by atoms with Crippen molar-refractivity contribution in [3.8, 4) is 5.75 Å². The molecule has 1 aromatic carbocycles. The Morgan fingerprint density at radius 2 is 1.89 bits per heavy atom. The number of rotatable bonds is 7. The molecule has 0 amide bonds. The molecule has 19 heavy (non-hydrogen) atoms. The molecule has 0 aliphatic rings. The molecule has 0 aliphatic heterocycles. The summed E-state index contributed by atoms with van der Waals surface area (Å²) in [5.41, 5.74) is 1.69. The van der Waals surface area contributed by atoms with Crippen LogP contribution < -0.4 is 9.46 Å². The average Bonchev–Trinajstić information content (AvgIpc) is 2.33. The molecular weight excluding hydrogens is 262 g/mol. The van der Waals surface area contributed by atoms with E-state index in [9.17, 15) is 8.42 Å². The van der Waals surface area contributed by atoms with Crippen LogP contribution in [0.3, 0.4) is 0 Å². The highest BCUT2D eigenvalue weighted by Crippen LogP contribution is 2.28. The van der Waals surface area contributed by atoms with Crippen molar-refractivity contribution < 1.29 is 13.2 Å². The van der Waals surface area contributed by atoms with E-state index in [0.29, 0.717) is 17.9 Å². The molecule has 0 heterocycles. The molecule has 0 saturated carbocycles. The van der Waals surface area contributed by atoms with Crippen LogP contribution in [0, 0.1) is 13.8 Å². The largest absolute Gasteiger partial charge is 0.495 e. The first-order valence-corrected chi connectivity index (χ1v) is 8.05. The van der Waals surface area contributed by atoms with Gasteiger partial charge in [0.25, 0.3) is 0 Å². The minimum Gasteiger partial charge on any atom is -0.495 e. The quantitative estimate of drug-likeness (QED) is 0.784. The fraction of sp³-hybridized carbons (Fsp3) is 0.571. The van der Waals surface area contributed by atoms with Crippen LogP contribution in [-0.2, 0) is 10.0 Å². The molecule has 0 unspecified atom stereocenters. The zero-order valence-corrected chi connectivity index (χ0v) is 12.9. The lowest BCUT2D eigenvalue weighted by Crippen LogP contribution is -2.26. The lowest BCUT2D eigenvalue weighted by molar-refractivity contribution is 0.401. The Morgan fingerprint density at radius 3 is 2.47 bits per heavy atom. The van der Waals surface area contributed by atoms with Crippen molar-refractivity contribution in [2.75, 3.05) is 13.7 Å². The minimum absolute atomic E-state index is 0.247. The number of unbranched alkanes of at least 4 members (excludes halogenated alkanes) is 2. The summed E-state index contributed by atoms with van der Waals surface area (Å²) in [4.78, 5) is 0.247. The summed E-state index contributed by atoms with van der Waals surface area (Å²) in [6.45, 7) is 6.25. The van der Waals surface area contributed by atoms with Crippen molar-refractivity contribution in [3.05, 3.63) is 23.3 Å². The lowest BCUT2D eigenvalue weighted by atomic mass is 10.1. The summed E-state index contributed by atoms with van der Waals surface area (Å²) in [6, 6.07) is 3.59. The Balaban J connectivity index is 3.00. The highest BCUT2D eigenvalue weighted by atomic mass is 32.2. The lowest BCUT2D eigenvalue weighted by Gasteiger charge is -2.14. The normalized spacial score (nSPS) is 11.6. The third-order valence-corrected chi connectivity index (χ3v) is 4.59. The van der Waals surface area contributed by atoms with Gasteiger partial charge in [-0.1, -0.05) is 25.8 Å². The Morgan fingerprint density at radius 1 is 1.21 bits per heavy atom. The number of hydrogen-bond donors (Lipinski definition) is 1. The molecule has 0 aromatic heterocycles. The zero-order chi connectivity index (χ0) is 14.5. The van der Waals surface area contributed by atoms with Crippen LogP contribution in [0.5, 0.6) is 5.75 Å². The SMILES string of the molecule is CCCCCNS(=O)(=O)c1c(C)cc(C)cc1OC. The predicted octanol–water partition coefficient (Wildman–Crippen LogP) is 2.78. The van der Waals surface area contributed by atoms with Crippen molar-refractivity contribution in [3.63, 3.8) is 0 Å². The van der Waals surface area contributed by atoms with E-state index in [1.807, 2.05) is 13.0 Å². The van der Waals surface area contributed by atoms with E-state index in [1.165, 1.54) is 7.11 Å². The molecule has 0 atom stereocenters. The number of nitrogens with one attached hydrogen (secondary N) is 1. The molecule has 0 saturated heterocycles. The van der Waals surface area contributed by atoms with E-state index < -0.39 is 10.0 Å². The predicted molar refractivity (Wildman–Crippen MR) is 77.2 cm³/mol. The molecule has 1 N–H and O–H groups in total. The maximum Gasteiger partial charge on any atom is 0.244 e. The number of methoxy groups -OCH3 is 1. The second kappa shape index (κ2) is 6.91. The smallest absolute Gasteiger partial charge is 0.244 e. The summed E-state index contributed by atoms with van der Waals surface area (Å²) >= 11 is 0. The van der Waals surface area contributed by atoms with Crippen molar-refractivity contribution >= 4 is 10.0 Å². The highest BCUT2D eigenvalue weighted by Gasteiger charge is 2.21. The van der Waals surface area contributed by atoms with Crippen LogP contribution in [0.4, 0.5) is 0 Å². The van der Waals surface area contributed by atoms with E-state index >= 15 is 0 Å². The van der Waals surface area contributed by atoms with E-state index in [1.54, 1.807) is 13.0 Å². The van der Waals surface area contributed by atoms with Gasteiger partial charge in [0, 0.05) is 6.54 Å². The number of benzene rings is 1. The number of aryl methyl sites for hydroxylation is 2. The molecular formula is C14H23NO3S. The summed E-state index contributed by atoms with van der Waals surface area (Å²) < 4.78 is 32.5. The summed E-state index contributed by atoms with van der Waals surface area (Å²) in [7, 11) is -2.02. The summed E-state index contributed by atoms with van der Waals surface area (Å²) in [5.74, 6) is 0.403. The highest BCUT2D eigenvalue weighted by molar-refractivity contribution is 7.89. The van der Waals surface area contributed by atoms with Crippen LogP contribution in [-0.4, -0.2) is 22.1 Å². The van der Waals surface area contributed by atoms with Gasteiger partial charge in [0.15, 0.2) is 0 Å². The van der Waals surface area contributed by atoms with Crippen LogP contribution in [0.2, 0.25) is 0 Å². The van der Waals surface area contributed by atoms with Gasteiger partial charge in [-0.2, -0.15) is 0 Å². The minimum atomic E-state index is -3.51. The van der Waals surface area contributed by atoms with Gasteiger partial charge in [0.1, 0.15) is 10.6 Å². The topological polar surface area (TPSA) is 55.4 Å². The van der Waals surface area contributed by atoms with Gasteiger partial charge >= 0.3 is 0 Å². The molecule has 1 rings (SSSR count).